The van der Waals surface area contributed by atoms with E-state index in [0.29, 0.717) is 26.3 Å². The van der Waals surface area contributed by atoms with Crippen LogP contribution in [0.15, 0.2) is 57.5 Å². The molecule has 0 fully saturated rings. The van der Waals surface area contributed by atoms with E-state index in [0.717, 1.165) is 20.1 Å². The first-order valence-electron chi connectivity index (χ1n) is 8.71. The van der Waals surface area contributed by atoms with E-state index in [1.54, 1.807) is 0 Å². The third kappa shape index (κ3) is 8.99. The molecule has 0 bridgehead atoms. The zero-order valence-corrected chi connectivity index (χ0v) is 18.8. The molecule has 0 aromatic heterocycles. The Morgan fingerprint density at radius 3 is 1.85 bits per heavy atom. The molecule has 2 rings (SSSR count). The topological polar surface area (TPSA) is 73.6 Å². The van der Waals surface area contributed by atoms with Crippen molar-refractivity contribution in [3.8, 4) is 0 Å². The monoisotopic (exact) mass is 500 g/mol. The highest BCUT2D eigenvalue weighted by Gasteiger charge is 2.18. The summed E-state index contributed by atoms with van der Waals surface area (Å²) in [6, 6.07) is 15.7. The maximum Gasteiger partial charge on any atom is 0.277 e. The summed E-state index contributed by atoms with van der Waals surface area (Å²) in [4.78, 5) is 11.8. The molecule has 0 spiro atoms. The number of carbonyl (C=O) groups excluding carboxylic acids is 1. The molecule has 0 heterocycles. The molecule has 7 heteroatoms. The second kappa shape index (κ2) is 13.8. The predicted octanol–water partition coefficient (Wildman–Crippen LogP) is 4.37. The summed E-state index contributed by atoms with van der Waals surface area (Å²) < 4.78 is 12.5. The van der Waals surface area contributed by atoms with Crippen LogP contribution in [0.2, 0.25) is 0 Å². The molecule has 0 atom stereocenters. The molecule has 2 aromatic carbocycles. The smallest absolute Gasteiger partial charge is 0.277 e. The van der Waals surface area contributed by atoms with E-state index < -0.39 is 6.29 Å². The Hall–Kier alpha value is -1.25. The quantitative estimate of drug-likeness (QED) is 0.526. The van der Waals surface area contributed by atoms with E-state index in [1.807, 2.05) is 62.4 Å². The Kier molecular flexibility index (Phi) is 12.2. The van der Waals surface area contributed by atoms with Crippen molar-refractivity contribution in [2.45, 2.75) is 33.2 Å². The van der Waals surface area contributed by atoms with E-state index >= 15 is 0 Å². The first-order valence-corrected chi connectivity index (χ1v) is 10.3. The molecule has 0 aliphatic carbocycles. The van der Waals surface area contributed by atoms with Crippen LogP contribution in [0.5, 0.6) is 0 Å². The molecule has 148 valence electrons. The zero-order valence-electron chi connectivity index (χ0n) is 15.6. The van der Waals surface area contributed by atoms with E-state index in [4.69, 9.17) is 15.2 Å². The lowest BCUT2D eigenvalue weighted by Crippen LogP contribution is -2.38. The Morgan fingerprint density at radius 1 is 0.963 bits per heavy atom. The summed E-state index contributed by atoms with van der Waals surface area (Å²) in [6.07, 6.45) is -0.831. The van der Waals surface area contributed by atoms with Crippen LogP contribution in [0, 0.1) is 0 Å². The molecular formula is C20H26Br2N2O3. The summed E-state index contributed by atoms with van der Waals surface area (Å²) >= 11 is 6.81. The minimum absolute atomic E-state index is 0.255. The van der Waals surface area contributed by atoms with Gasteiger partial charge in [-0.25, -0.2) is 0 Å². The summed E-state index contributed by atoms with van der Waals surface area (Å²) in [5, 5.41) is 2.79. The van der Waals surface area contributed by atoms with Gasteiger partial charge in [-0.3, -0.25) is 4.79 Å². The van der Waals surface area contributed by atoms with E-state index in [-0.39, 0.29) is 5.91 Å². The largest absolute Gasteiger partial charge is 0.348 e. The predicted molar refractivity (Wildman–Crippen MR) is 115 cm³/mol. The molecule has 0 saturated heterocycles. The number of benzene rings is 2. The van der Waals surface area contributed by atoms with Crippen LogP contribution in [0.25, 0.3) is 0 Å². The number of hydrogen-bond acceptors (Lipinski definition) is 4. The van der Waals surface area contributed by atoms with Crippen LogP contribution in [-0.4, -0.2) is 25.4 Å². The number of rotatable bonds is 8. The average Bonchev–Trinajstić information content (AvgIpc) is 2.68. The lowest BCUT2D eigenvalue weighted by Gasteiger charge is -2.16. The summed E-state index contributed by atoms with van der Waals surface area (Å²) in [6.45, 7) is 5.57. The van der Waals surface area contributed by atoms with Crippen molar-refractivity contribution in [1.29, 1.82) is 0 Å². The van der Waals surface area contributed by atoms with E-state index in [2.05, 4.69) is 37.2 Å². The normalized spacial score (nSPS) is 10.3. The molecule has 0 radical (unpaired) electrons. The fourth-order valence-corrected chi connectivity index (χ4v) is 2.95. The van der Waals surface area contributed by atoms with Gasteiger partial charge in [-0.15, -0.1) is 0 Å². The third-order valence-corrected chi connectivity index (χ3v) is 4.99. The van der Waals surface area contributed by atoms with E-state index in [9.17, 15) is 4.79 Å². The number of ether oxygens (including phenoxy) is 2. The Bertz CT molecular complexity index is 692. The highest BCUT2D eigenvalue weighted by atomic mass is 79.9. The van der Waals surface area contributed by atoms with Gasteiger partial charge in [0, 0.05) is 35.2 Å². The van der Waals surface area contributed by atoms with Crippen molar-refractivity contribution in [1.82, 2.24) is 5.32 Å². The fraction of sp³-hybridized carbons (Fsp3) is 0.350. The molecule has 3 N–H and O–H groups in total. The maximum absolute atomic E-state index is 11.8. The standard InChI is InChI=1S/C13H18BrNO3.C7H8BrN/c1-3-17-13(18-4-2)12(16)15-9-10-7-5-6-8-11(10)14;8-7-4-2-1-3-6(7)5-9/h5-8,13H,3-4,9H2,1-2H3,(H,15,16);1-4H,5,9H2. The van der Waals surface area contributed by atoms with Crippen LogP contribution in [0.1, 0.15) is 25.0 Å². The summed E-state index contributed by atoms with van der Waals surface area (Å²) in [5.41, 5.74) is 7.58. The molecule has 5 nitrogen and oxygen atoms in total. The number of nitrogens with one attached hydrogen (secondary N) is 1. The number of nitrogens with two attached hydrogens (primary N) is 1. The van der Waals surface area contributed by atoms with Gasteiger partial charge >= 0.3 is 0 Å². The van der Waals surface area contributed by atoms with Crippen LogP contribution in [-0.2, 0) is 27.4 Å². The van der Waals surface area contributed by atoms with Crippen molar-refractivity contribution in [3.63, 3.8) is 0 Å². The lowest BCUT2D eigenvalue weighted by atomic mass is 10.2. The lowest BCUT2D eigenvalue weighted by molar-refractivity contribution is -0.170. The number of halogens is 2. The highest BCUT2D eigenvalue weighted by Crippen LogP contribution is 2.15. The minimum atomic E-state index is -0.831. The van der Waals surface area contributed by atoms with Crippen molar-refractivity contribution in [3.05, 3.63) is 68.6 Å². The van der Waals surface area contributed by atoms with Crippen LogP contribution in [0.3, 0.4) is 0 Å². The molecule has 1 amide bonds. The number of amides is 1. The maximum atomic E-state index is 11.8. The molecular weight excluding hydrogens is 476 g/mol. The summed E-state index contributed by atoms with van der Waals surface area (Å²) in [7, 11) is 0. The van der Waals surface area contributed by atoms with Gasteiger partial charge in [-0.05, 0) is 37.1 Å². The van der Waals surface area contributed by atoms with Crippen LogP contribution in [0.4, 0.5) is 0 Å². The van der Waals surface area contributed by atoms with Crippen molar-refractivity contribution in [2.24, 2.45) is 5.73 Å². The Balaban J connectivity index is 0.000000337. The molecule has 0 aliphatic rings. The van der Waals surface area contributed by atoms with Gasteiger partial charge in [0.2, 0.25) is 6.29 Å². The van der Waals surface area contributed by atoms with E-state index in [1.165, 1.54) is 0 Å². The molecule has 0 saturated carbocycles. The second-order valence-corrected chi connectivity index (χ2v) is 7.06. The van der Waals surface area contributed by atoms with Crippen molar-refractivity contribution >= 4 is 37.8 Å². The second-order valence-electron chi connectivity index (χ2n) is 5.35. The highest BCUT2D eigenvalue weighted by molar-refractivity contribution is 9.10. The van der Waals surface area contributed by atoms with Gasteiger partial charge in [0.25, 0.3) is 5.91 Å². The Morgan fingerprint density at radius 2 is 1.44 bits per heavy atom. The third-order valence-electron chi connectivity index (χ3n) is 3.44. The first kappa shape index (κ1) is 23.8. The first-order chi connectivity index (χ1) is 13.0. The minimum Gasteiger partial charge on any atom is -0.348 e. The van der Waals surface area contributed by atoms with Gasteiger partial charge in [0.15, 0.2) is 0 Å². The van der Waals surface area contributed by atoms with Gasteiger partial charge in [-0.2, -0.15) is 0 Å². The number of hydrogen-bond donors (Lipinski definition) is 2. The molecule has 0 aliphatic heterocycles. The number of carbonyl (C=O) groups is 1. The van der Waals surface area contributed by atoms with Gasteiger partial charge in [0.1, 0.15) is 0 Å². The van der Waals surface area contributed by atoms with Gasteiger partial charge in [-0.1, -0.05) is 68.3 Å². The fourth-order valence-electron chi connectivity index (χ4n) is 2.07. The molecule has 27 heavy (non-hydrogen) atoms. The van der Waals surface area contributed by atoms with Crippen LogP contribution >= 0.6 is 31.9 Å². The summed E-state index contributed by atoms with van der Waals surface area (Å²) in [5.74, 6) is -0.255. The zero-order chi connectivity index (χ0) is 20.1. The SMILES string of the molecule is CCOC(OCC)C(=O)NCc1ccccc1Br.NCc1ccccc1Br. The van der Waals surface area contributed by atoms with Gasteiger partial charge in [0.05, 0.1) is 0 Å². The van der Waals surface area contributed by atoms with Crippen molar-refractivity contribution < 1.29 is 14.3 Å². The van der Waals surface area contributed by atoms with Crippen LogP contribution < -0.4 is 11.1 Å². The average molecular weight is 502 g/mol. The molecule has 2 aromatic rings. The molecule has 0 unspecified atom stereocenters. The van der Waals surface area contributed by atoms with Gasteiger partial charge < -0.3 is 20.5 Å². The van der Waals surface area contributed by atoms with Crippen molar-refractivity contribution in [2.75, 3.05) is 13.2 Å². The Labute approximate surface area is 177 Å².